The fourth-order valence-corrected chi connectivity index (χ4v) is 5.09. The van der Waals surface area contributed by atoms with E-state index in [4.69, 9.17) is 9.47 Å². The summed E-state index contributed by atoms with van der Waals surface area (Å²) in [4.78, 5) is 26.0. The predicted octanol–water partition coefficient (Wildman–Crippen LogP) is 5.30. The second kappa shape index (κ2) is 12.5. The number of hydrogen-bond acceptors (Lipinski definition) is 6. The Morgan fingerprint density at radius 3 is 1.95 bits per heavy atom. The molecule has 0 unspecified atom stereocenters. The molecule has 0 saturated carbocycles. The number of ether oxygens (including phenoxy) is 2. The Balaban J connectivity index is 1.51. The zero-order valence-electron chi connectivity index (χ0n) is 21.6. The molecule has 0 spiro atoms. The molecule has 39 heavy (non-hydrogen) atoms. The topological polar surface area (TPSA) is 98.8 Å². The van der Waals surface area contributed by atoms with E-state index in [1.165, 1.54) is 19.1 Å². The third-order valence-corrected chi connectivity index (χ3v) is 7.54. The summed E-state index contributed by atoms with van der Waals surface area (Å²) in [6, 6.07) is 30.2. The number of carbonyl (C=O) groups excluding carboxylic acids is 2. The summed E-state index contributed by atoms with van der Waals surface area (Å²) < 4.78 is 39.5. The molecule has 0 fully saturated rings. The minimum Gasteiger partial charge on any atom is -0.460 e. The molecule has 0 radical (unpaired) electrons. The highest BCUT2D eigenvalue weighted by atomic mass is 32.2. The minimum absolute atomic E-state index is 0.0241. The number of hydrogen-bond donors (Lipinski definition) is 1. The summed E-state index contributed by atoms with van der Waals surface area (Å²) in [5.74, 6) is -1.56. The van der Waals surface area contributed by atoms with Gasteiger partial charge in [-0.15, -0.1) is 0 Å². The van der Waals surface area contributed by atoms with E-state index in [0.29, 0.717) is 0 Å². The van der Waals surface area contributed by atoms with Crippen molar-refractivity contribution in [1.82, 2.24) is 4.72 Å². The first kappa shape index (κ1) is 27.8. The largest absolute Gasteiger partial charge is 0.460 e. The highest BCUT2D eigenvalue weighted by Crippen LogP contribution is 2.20. The highest BCUT2D eigenvalue weighted by Gasteiger charge is 2.34. The summed E-state index contributed by atoms with van der Waals surface area (Å²) in [5, 5.41) is 0. The average molecular weight is 544 g/mol. The third kappa shape index (κ3) is 7.40. The van der Waals surface area contributed by atoms with Gasteiger partial charge >= 0.3 is 11.9 Å². The van der Waals surface area contributed by atoms with Crippen LogP contribution in [0.4, 0.5) is 0 Å². The van der Waals surface area contributed by atoms with Gasteiger partial charge in [-0.3, -0.25) is 4.79 Å². The van der Waals surface area contributed by atoms with Crippen LogP contribution in [-0.4, -0.2) is 32.5 Å². The minimum atomic E-state index is -4.13. The average Bonchev–Trinajstić information content (AvgIpc) is 2.96. The third-order valence-electron chi connectivity index (χ3n) is 6.08. The molecule has 0 aromatic heterocycles. The first-order chi connectivity index (χ1) is 18.7. The molecule has 0 amide bonds. The summed E-state index contributed by atoms with van der Waals surface area (Å²) >= 11 is 0. The van der Waals surface area contributed by atoms with E-state index < -0.39 is 34.1 Å². The summed E-state index contributed by atoms with van der Waals surface area (Å²) in [5.41, 5.74) is 3.80. The molecular weight excluding hydrogens is 514 g/mol. The number of nitrogens with one attached hydrogen (secondary N) is 1. The van der Waals surface area contributed by atoms with E-state index in [2.05, 4.69) is 4.72 Å². The summed E-state index contributed by atoms with van der Waals surface area (Å²) in [7, 11) is -4.13. The maximum atomic E-state index is 13.1. The maximum absolute atomic E-state index is 13.1. The van der Waals surface area contributed by atoms with Crippen LogP contribution in [0.2, 0.25) is 0 Å². The zero-order chi connectivity index (χ0) is 27.8. The fourth-order valence-electron chi connectivity index (χ4n) is 3.84. The molecule has 4 aromatic carbocycles. The van der Waals surface area contributed by atoms with Crippen LogP contribution in [0.5, 0.6) is 0 Å². The molecule has 0 bridgehead atoms. The molecule has 0 aliphatic rings. The Bertz CT molecular complexity index is 1500. The summed E-state index contributed by atoms with van der Waals surface area (Å²) in [6.45, 7) is 3.22. The van der Waals surface area contributed by atoms with Gasteiger partial charge in [0.25, 0.3) is 0 Å². The van der Waals surface area contributed by atoms with Crippen LogP contribution in [0.3, 0.4) is 0 Å². The lowest BCUT2D eigenvalue weighted by atomic mass is 10.0. The molecule has 7 nitrogen and oxygen atoms in total. The lowest BCUT2D eigenvalue weighted by molar-refractivity contribution is -0.149. The molecule has 0 saturated heterocycles. The summed E-state index contributed by atoms with van der Waals surface area (Å²) in [6.07, 6.45) is -1.17. The van der Waals surface area contributed by atoms with Crippen molar-refractivity contribution in [1.29, 1.82) is 0 Å². The Kier molecular flexibility index (Phi) is 8.91. The van der Waals surface area contributed by atoms with Crippen LogP contribution in [0.25, 0.3) is 11.1 Å². The van der Waals surface area contributed by atoms with Crippen molar-refractivity contribution in [3.63, 3.8) is 0 Å². The molecule has 2 atom stereocenters. The smallest absolute Gasteiger partial charge is 0.338 e. The molecular formula is C31H29NO6S. The molecule has 8 heteroatoms. The molecule has 4 rings (SSSR count). The van der Waals surface area contributed by atoms with Crippen molar-refractivity contribution in [3.8, 4) is 11.1 Å². The van der Waals surface area contributed by atoms with Crippen molar-refractivity contribution in [2.45, 2.75) is 37.5 Å². The standard InChI is InChI=1S/C31H29NO6S/c1-22-13-19-28(20-14-22)39(35,36)32-29(31(34)37-21-24-9-5-3-6-10-24)23(2)38-30(33)27-17-15-26(16-18-27)25-11-7-4-8-12-25/h3-20,23,29,32H,21H2,1-2H3/t23-,29-/m0/s1. The van der Waals surface area contributed by atoms with Gasteiger partial charge in [-0.1, -0.05) is 90.5 Å². The van der Waals surface area contributed by atoms with Crippen LogP contribution in [0.1, 0.15) is 28.4 Å². The van der Waals surface area contributed by atoms with Gasteiger partial charge in [0.2, 0.25) is 10.0 Å². The number of aryl methyl sites for hydroxylation is 1. The molecule has 4 aromatic rings. The van der Waals surface area contributed by atoms with Crippen LogP contribution < -0.4 is 4.72 Å². The van der Waals surface area contributed by atoms with Gasteiger partial charge in [-0.05, 0) is 54.8 Å². The highest BCUT2D eigenvalue weighted by molar-refractivity contribution is 7.89. The SMILES string of the molecule is Cc1ccc(S(=O)(=O)N[C@H](C(=O)OCc2ccccc2)[C@H](C)OC(=O)c2ccc(-c3ccccc3)cc2)cc1. The number of esters is 2. The number of carbonyl (C=O) groups is 2. The van der Waals surface area contributed by atoms with Crippen LogP contribution in [-0.2, 0) is 30.9 Å². The number of benzene rings is 4. The second-order valence-electron chi connectivity index (χ2n) is 9.06. The quantitative estimate of drug-likeness (QED) is 0.273. The Morgan fingerprint density at radius 2 is 1.33 bits per heavy atom. The van der Waals surface area contributed by atoms with Gasteiger partial charge in [0, 0.05) is 0 Å². The van der Waals surface area contributed by atoms with Gasteiger partial charge in [0.05, 0.1) is 10.5 Å². The van der Waals surface area contributed by atoms with Crippen LogP contribution in [0.15, 0.2) is 114 Å². The van der Waals surface area contributed by atoms with Gasteiger partial charge in [-0.2, -0.15) is 4.72 Å². The monoisotopic (exact) mass is 543 g/mol. The van der Waals surface area contributed by atoms with E-state index >= 15 is 0 Å². The lowest BCUT2D eigenvalue weighted by Gasteiger charge is -2.24. The number of sulfonamides is 1. The van der Waals surface area contributed by atoms with E-state index in [1.807, 2.05) is 43.3 Å². The Hall–Kier alpha value is -4.27. The fraction of sp³-hybridized carbons (Fsp3) is 0.161. The van der Waals surface area contributed by atoms with Gasteiger partial charge in [-0.25, -0.2) is 13.2 Å². The molecule has 0 heterocycles. The Labute approximate surface area is 228 Å². The van der Waals surface area contributed by atoms with E-state index in [9.17, 15) is 18.0 Å². The number of rotatable bonds is 10. The van der Waals surface area contributed by atoms with E-state index in [0.717, 1.165) is 22.3 Å². The van der Waals surface area contributed by atoms with Crippen molar-refractivity contribution in [2.75, 3.05) is 0 Å². The van der Waals surface area contributed by atoms with Crippen LogP contribution in [0, 0.1) is 6.92 Å². The lowest BCUT2D eigenvalue weighted by Crippen LogP contribution is -2.49. The maximum Gasteiger partial charge on any atom is 0.338 e. The van der Waals surface area contributed by atoms with Gasteiger partial charge < -0.3 is 9.47 Å². The molecule has 0 aliphatic heterocycles. The van der Waals surface area contributed by atoms with Crippen molar-refractivity contribution in [3.05, 3.63) is 126 Å². The van der Waals surface area contributed by atoms with Gasteiger partial charge in [0.1, 0.15) is 12.7 Å². The first-order valence-electron chi connectivity index (χ1n) is 12.4. The normalized spacial score (nSPS) is 12.8. The first-order valence-corrected chi connectivity index (χ1v) is 13.9. The van der Waals surface area contributed by atoms with Crippen molar-refractivity contribution in [2.24, 2.45) is 0 Å². The zero-order valence-corrected chi connectivity index (χ0v) is 22.4. The van der Waals surface area contributed by atoms with Crippen LogP contribution >= 0.6 is 0 Å². The molecule has 0 aliphatic carbocycles. The second-order valence-corrected chi connectivity index (χ2v) is 10.8. The Morgan fingerprint density at radius 1 is 0.769 bits per heavy atom. The van der Waals surface area contributed by atoms with E-state index in [-0.39, 0.29) is 17.1 Å². The predicted molar refractivity (Wildman–Crippen MR) is 148 cm³/mol. The van der Waals surface area contributed by atoms with Crippen molar-refractivity contribution < 1.29 is 27.5 Å². The molecule has 200 valence electrons. The molecule has 1 N–H and O–H groups in total. The van der Waals surface area contributed by atoms with E-state index in [1.54, 1.807) is 60.7 Å². The van der Waals surface area contributed by atoms with Gasteiger partial charge in [0.15, 0.2) is 6.04 Å². The van der Waals surface area contributed by atoms with Crippen molar-refractivity contribution >= 4 is 22.0 Å².